The van der Waals surface area contributed by atoms with Gasteiger partial charge in [-0.25, -0.2) is 9.97 Å². The fraction of sp³-hybridized carbons (Fsp3) is 0.345. The van der Waals surface area contributed by atoms with Crippen molar-refractivity contribution >= 4 is 35.9 Å². The largest absolute Gasteiger partial charge is 0.457 e. The molecule has 15 heteroatoms. The lowest BCUT2D eigenvalue weighted by atomic mass is 10.1. The van der Waals surface area contributed by atoms with Gasteiger partial charge < -0.3 is 33.9 Å². The first-order chi connectivity index (χ1) is 21.6. The van der Waals surface area contributed by atoms with Gasteiger partial charge in [0.25, 0.3) is 12.9 Å². The first-order valence-corrected chi connectivity index (χ1v) is 14.1. The third kappa shape index (κ3) is 5.94. The first kappa shape index (κ1) is 28.8. The monoisotopic (exact) mass is 601 g/mol. The number of nitrogens with zero attached hydrogens (tertiary/aromatic N) is 7. The second-order valence-corrected chi connectivity index (χ2v) is 10.2. The van der Waals surface area contributed by atoms with Crippen molar-refractivity contribution in [1.29, 1.82) is 0 Å². The highest BCUT2D eigenvalue weighted by Gasteiger charge is 2.51. The van der Waals surface area contributed by atoms with Crippen molar-refractivity contribution in [2.45, 2.75) is 50.8 Å². The van der Waals surface area contributed by atoms with Crippen molar-refractivity contribution in [2.24, 2.45) is 7.05 Å². The molecule has 0 saturated carbocycles. The molecule has 0 unspecified atom stereocenters. The third-order valence-corrected chi connectivity index (χ3v) is 7.26. The van der Waals surface area contributed by atoms with Gasteiger partial charge in [-0.2, -0.15) is 9.97 Å². The molecular formula is C29H31N9O6. The Hall–Kier alpha value is -5.31. The number of imidazole rings is 2. The topological polar surface area (TPSA) is 173 Å². The number of anilines is 2. The zero-order valence-electron chi connectivity index (χ0n) is 24.1. The van der Waals surface area contributed by atoms with Crippen LogP contribution in [0.2, 0.25) is 0 Å². The lowest BCUT2D eigenvalue weighted by Gasteiger charge is -2.21. The summed E-state index contributed by atoms with van der Waals surface area (Å²) in [4.78, 5) is 41.5. The van der Waals surface area contributed by atoms with Gasteiger partial charge in [-0.15, -0.1) is 0 Å². The first-order valence-electron chi connectivity index (χ1n) is 14.1. The van der Waals surface area contributed by atoms with Crippen molar-refractivity contribution in [3.05, 3.63) is 78.0 Å². The van der Waals surface area contributed by atoms with Gasteiger partial charge in [-0.05, 0) is 12.0 Å². The van der Waals surface area contributed by atoms with E-state index in [1.165, 1.54) is 6.33 Å². The van der Waals surface area contributed by atoms with Gasteiger partial charge in [-0.3, -0.25) is 14.2 Å². The van der Waals surface area contributed by atoms with Crippen molar-refractivity contribution in [3.8, 4) is 0 Å². The van der Waals surface area contributed by atoms with E-state index in [-0.39, 0.29) is 12.9 Å². The summed E-state index contributed by atoms with van der Waals surface area (Å²) < 4.78 is 26.2. The Bertz CT molecular complexity index is 1720. The van der Waals surface area contributed by atoms with Crippen LogP contribution >= 0.6 is 0 Å². The minimum absolute atomic E-state index is 0.283. The number of carbonyl (C=O) groups is 2. The molecule has 0 radical (unpaired) electrons. The second-order valence-electron chi connectivity index (χ2n) is 10.2. The van der Waals surface area contributed by atoms with Crippen LogP contribution in [0.3, 0.4) is 0 Å². The molecule has 44 heavy (non-hydrogen) atoms. The smallest absolute Gasteiger partial charge is 0.293 e. The number of fused-ring (bicyclic) bond motifs is 1. The Morgan fingerprint density at radius 2 is 1.82 bits per heavy atom. The van der Waals surface area contributed by atoms with Crippen molar-refractivity contribution in [1.82, 2.24) is 34.2 Å². The minimum atomic E-state index is -1.05. The summed E-state index contributed by atoms with van der Waals surface area (Å²) in [5.74, 6) is 1.16. The lowest BCUT2D eigenvalue weighted by Crippen LogP contribution is -2.34. The molecule has 0 bridgehead atoms. The number of benzene rings is 1. The Morgan fingerprint density at radius 1 is 1.00 bits per heavy atom. The van der Waals surface area contributed by atoms with Crippen LogP contribution in [-0.2, 0) is 50.2 Å². The van der Waals surface area contributed by atoms with Crippen molar-refractivity contribution in [3.63, 3.8) is 0 Å². The number of rotatable bonds is 14. The third-order valence-electron chi connectivity index (χ3n) is 7.26. The fourth-order valence-electron chi connectivity index (χ4n) is 5.13. The standard InChI is InChI=1S/C29H31N9O6/c1-3-19-11-21(44-36-19)23-24(41-16-39)25(42-17-40)28(43-23)38-15-33-22-26(31-12-18-7-5-4-6-8-18)34-29(35-27(22)38)30-10-9-20-13-37(2)14-32-20/h4-8,11,13-17,23-25,28H,3,9-10,12H2,1-2H3,(H2,30,31,34,35)/t23-,24+,25-,28-/m1/s1. The van der Waals surface area contributed by atoms with Crippen LogP contribution in [0.25, 0.3) is 11.2 Å². The fourth-order valence-corrected chi connectivity index (χ4v) is 5.13. The van der Waals surface area contributed by atoms with E-state index in [4.69, 9.17) is 28.7 Å². The minimum Gasteiger partial charge on any atom is -0.457 e. The van der Waals surface area contributed by atoms with Crippen molar-refractivity contribution in [2.75, 3.05) is 17.2 Å². The molecule has 0 spiro atoms. The van der Waals surface area contributed by atoms with Gasteiger partial charge >= 0.3 is 0 Å². The molecule has 228 valence electrons. The predicted molar refractivity (Wildman–Crippen MR) is 155 cm³/mol. The Balaban J connectivity index is 1.35. The number of hydrogen-bond donors (Lipinski definition) is 2. The van der Waals surface area contributed by atoms with Crippen LogP contribution in [0, 0.1) is 0 Å². The van der Waals surface area contributed by atoms with Crippen LogP contribution in [0.15, 0.2) is 59.8 Å². The number of nitrogens with one attached hydrogen (secondary N) is 2. The summed E-state index contributed by atoms with van der Waals surface area (Å²) in [6.07, 6.45) is 2.54. The van der Waals surface area contributed by atoms with Gasteiger partial charge in [0.1, 0.15) is 0 Å². The van der Waals surface area contributed by atoms with E-state index in [0.717, 1.165) is 11.3 Å². The molecule has 1 aliphatic rings. The Labute approximate surface area is 251 Å². The molecule has 6 rings (SSSR count). The maximum Gasteiger partial charge on any atom is 0.293 e. The molecule has 0 amide bonds. The highest BCUT2D eigenvalue weighted by Crippen LogP contribution is 2.43. The van der Waals surface area contributed by atoms with E-state index in [1.807, 2.05) is 55.1 Å². The highest BCUT2D eigenvalue weighted by molar-refractivity contribution is 5.84. The van der Waals surface area contributed by atoms with Crippen LogP contribution in [-0.4, -0.2) is 65.9 Å². The van der Waals surface area contributed by atoms with Crippen LogP contribution in [0.5, 0.6) is 0 Å². The molecular weight excluding hydrogens is 570 g/mol. The molecule has 5 heterocycles. The van der Waals surface area contributed by atoms with Gasteiger partial charge in [0.15, 0.2) is 47.3 Å². The van der Waals surface area contributed by atoms with E-state index < -0.39 is 24.5 Å². The van der Waals surface area contributed by atoms with Crippen LogP contribution in [0.1, 0.15) is 42.0 Å². The maximum atomic E-state index is 11.6. The Morgan fingerprint density at radius 3 is 2.55 bits per heavy atom. The number of aryl methyl sites for hydroxylation is 2. The normalized spacial score (nSPS) is 19.6. The summed E-state index contributed by atoms with van der Waals surface area (Å²) in [5.41, 5.74) is 3.54. The molecule has 0 aliphatic carbocycles. The average Bonchev–Trinajstić information content (AvgIpc) is 3.84. The van der Waals surface area contributed by atoms with E-state index in [2.05, 4.69) is 25.8 Å². The molecule has 1 aromatic carbocycles. The zero-order valence-corrected chi connectivity index (χ0v) is 24.1. The van der Waals surface area contributed by atoms with Crippen molar-refractivity contribution < 1.29 is 28.3 Å². The zero-order chi connectivity index (χ0) is 30.5. The average molecular weight is 602 g/mol. The quantitative estimate of drug-likeness (QED) is 0.178. The van der Waals surface area contributed by atoms with Crippen LogP contribution < -0.4 is 10.6 Å². The maximum absolute atomic E-state index is 11.6. The summed E-state index contributed by atoms with van der Waals surface area (Å²) in [7, 11) is 1.92. The molecule has 2 N–H and O–H groups in total. The van der Waals surface area contributed by atoms with Gasteiger partial charge in [0, 0.05) is 38.8 Å². The van der Waals surface area contributed by atoms with E-state index >= 15 is 0 Å². The summed E-state index contributed by atoms with van der Waals surface area (Å²) in [6, 6.07) is 11.6. The predicted octanol–water partition coefficient (Wildman–Crippen LogP) is 2.73. The molecule has 4 aromatic heterocycles. The van der Waals surface area contributed by atoms with Gasteiger partial charge in [-0.1, -0.05) is 42.4 Å². The van der Waals surface area contributed by atoms with E-state index in [9.17, 15) is 9.59 Å². The molecule has 15 nitrogen and oxygen atoms in total. The lowest BCUT2D eigenvalue weighted by molar-refractivity contribution is -0.151. The van der Waals surface area contributed by atoms with Gasteiger partial charge in [0.05, 0.1) is 24.0 Å². The van der Waals surface area contributed by atoms with Crippen LogP contribution in [0.4, 0.5) is 11.8 Å². The summed E-state index contributed by atoms with van der Waals surface area (Å²) >= 11 is 0. The number of hydrogen-bond acceptors (Lipinski definition) is 13. The van der Waals surface area contributed by atoms with Gasteiger partial charge in [0.2, 0.25) is 5.95 Å². The highest BCUT2D eigenvalue weighted by atomic mass is 16.6. The SMILES string of the molecule is CCc1cc([C@H]2O[C@@H](n3cnc4c(NCc5ccccc5)nc(NCCc5cn(C)cn5)nc43)[C@H](OC=O)[C@H]2OC=O)on1. The van der Waals surface area contributed by atoms with E-state index in [0.29, 0.717) is 60.3 Å². The molecule has 4 atom stereocenters. The summed E-state index contributed by atoms with van der Waals surface area (Å²) in [6.45, 7) is 3.51. The molecule has 1 aliphatic heterocycles. The molecule has 1 fully saturated rings. The number of aromatic nitrogens is 7. The second kappa shape index (κ2) is 12.9. The number of ether oxygens (including phenoxy) is 3. The Kier molecular flexibility index (Phi) is 8.45. The number of carbonyl (C=O) groups excluding carboxylic acids is 2. The summed E-state index contributed by atoms with van der Waals surface area (Å²) in [5, 5.41) is 10.7. The molecule has 5 aromatic rings. The molecule has 1 saturated heterocycles. The van der Waals surface area contributed by atoms with E-state index in [1.54, 1.807) is 17.0 Å².